The summed E-state index contributed by atoms with van der Waals surface area (Å²) < 4.78 is 2.19. The molecular formula is C22H22ClN3O. The van der Waals surface area contributed by atoms with Gasteiger partial charge >= 0.3 is 6.03 Å². The van der Waals surface area contributed by atoms with E-state index >= 15 is 0 Å². The van der Waals surface area contributed by atoms with Gasteiger partial charge in [0.1, 0.15) is 0 Å². The van der Waals surface area contributed by atoms with Gasteiger partial charge in [-0.25, -0.2) is 4.79 Å². The lowest BCUT2D eigenvalue weighted by molar-refractivity contribution is 0.181. The summed E-state index contributed by atoms with van der Waals surface area (Å²) in [6, 6.07) is 17.8. The minimum absolute atomic E-state index is 0.00618. The Morgan fingerprint density at radius 3 is 2.78 bits per heavy atom. The molecule has 0 aliphatic carbocycles. The van der Waals surface area contributed by atoms with E-state index in [0.29, 0.717) is 17.3 Å². The fourth-order valence-corrected chi connectivity index (χ4v) is 3.91. The predicted molar refractivity (Wildman–Crippen MR) is 110 cm³/mol. The number of urea groups is 1. The van der Waals surface area contributed by atoms with Crippen molar-refractivity contribution in [2.75, 3.05) is 5.32 Å². The van der Waals surface area contributed by atoms with Crippen LogP contribution in [0.2, 0.25) is 5.02 Å². The number of anilines is 1. The summed E-state index contributed by atoms with van der Waals surface area (Å²) in [6.45, 7) is 4.61. The first-order chi connectivity index (χ1) is 13.1. The summed E-state index contributed by atoms with van der Waals surface area (Å²) in [7, 11) is 0. The van der Waals surface area contributed by atoms with Gasteiger partial charge in [-0.15, -0.1) is 0 Å². The number of amides is 2. The number of benzene rings is 2. The Morgan fingerprint density at radius 1 is 1.19 bits per heavy atom. The van der Waals surface area contributed by atoms with Crippen LogP contribution in [0.3, 0.4) is 0 Å². The van der Waals surface area contributed by atoms with Gasteiger partial charge in [-0.2, -0.15) is 0 Å². The normalized spacial score (nSPS) is 15.7. The molecule has 0 saturated heterocycles. The van der Waals surface area contributed by atoms with Gasteiger partial charge in [-0.05, 0) is 54.8 Å². The number of rotatable bonds is 2. The van der Waals surface area contributed by atoms with E-state index in [1.807, 2.05) is 42.2 Å². The molecule has 5 heteroatoms. The molecule has 1 aliphatic rings. The lowest BCUT2D eigenvalue weighted by Gasteiger charge is -2.29. The summed E-state index contributed by atoms with van der Waals surface area (Å²) in [6.07, 6.45) is 2.90. The highest BCUT2D eigenvalue weighted by molar-refractivity contribution is 6.31. The highest BCUT2D eigenvalue weighted by Gasteiger charge is 2.30. The van der Waals surface area contributed by atoms with E-state index in [1.165, 1.54) is 0 Å². The second-order valence-electron chi connectivity index (χ2n) is 6.88. The minimum atomic E-state index is -0.119. The van der Waals surface area contributed by atoms with Gasteiger partial charge in [-0.3, -0.25) is 0 Å². The molecule has 0 saturated carbocycles. The molecule has 1 aliphatic heterocycles. The van der Waals surface area contributed by atoms with Gasteiger partial charge in [0.15, 0.2) is 0 Å². The molecule has 1 atom stereocenters. The van der Waals surface area contributed by atoms with Gasteiger partial charge in [-0.1, -0.05) is 42.8 Å². The van der Waals surface area contributed by atoms with Crippen LogP contribution < -0.4 is 5.32 Å². The van der Waals surface area contributed by atoms with Crippen molar-refractivity contribution in [2.24, 2.45) is 0 Å². The smallest absolute Gasteiger partial charge is 0.318 e. The van der Waals surface area contributed by atoms with Crippen LogP contribution in [0.5, 0.6) is 0 Å². The van der Waals surface area contributed by atoms with Crippen LogP contribution >= 0.6 is 11.6 Å². The lowest BCUT2D eigenvalue weighted by Crippen LogP contribution is -2.37. The van der Waals surface area contributed by atoms with Gasteiger partial charge < -0.3 is 14.8 Å². The second kappa shape index (κ2) is 7.12. The number of carbonyl (C=O) groups is 1. The van der Waals surface area contributed by atoms with Gasteiger partial charge in [0, 0.05) is 22.6 Å². The fourth-order valence-electron chi connectivity index (χ4n) is 3.73. The zero-order valence-corrected chi connectivity index (χ0v) is 16.2. The molecule has 1 N–H and O–H groups in total. The predicted octanol–water partition coefficient (Wildman–Crippen LogP) is 5.94. The van der Waals surface area contributed by atoms with E-state index < -0.39 is 0 Å². The molecule has 0 fully saturated rings. The van der Waals surface area contributed by atoms with Crippen LogP contribution in [0.4, 0.5) is 10.5 Å². The summed E-state index contributed by atoms with van der Waals surface area (Å²) in [4.78, 5) is 15.1. The van der Waals surface area contributed by atoms with Crippen LogP contribution in [-0.4, -0.2) is 15.5 Å². The molecule has 1 unspecified atom stereocenters. The third kappa shape index (κ3) is 3.21. The van der Waals surface area contributed by atoms with E-state index in [-0.39, 0.29) is 12.1 Å². The van der Waals surface area contributed by atoms with Crippen molar-refractivity contribution in [3.05, 3.63) is 82.6 Å². The third-order valence-corrected chi connectivity index (χ3v) is 5.57. The van der Waals surface area contributed by atoms with Crippen molar-refractivity contribution >= 4 is 23.3 Å². The van der Waals surface area contributed by atoms with E-state index in [4.69, 9.17) is 11.6 Å². The molecule has 2 amide bonds. The maximum Gasteiger partial charge on any atom is 0.322 e. The SMILES string of the molecule is CCC1c2cccn2-c2ccccc2CN1C(=O)Nc1ccc(C)c(Cl)c1. The van der Waals surface area contributed by atoms with Crippen molar-refractivity contribution in [3.8, 4) is 5.69 Å². The van der Waals surface area contributed by atoms with Crippen LogP contribution in [0.25, 0.3) is 5.69 Å². The van der Waals surface area contributed by atoms with E-state index in [9.17, 15) is 4.79 Å². The number of carbonyl (C=O) groups excluding carboxylic acids is 1. The third-order valence-electron chi connectivity index (χ3n) is 5.16. The Balaban J connectivity index is 1.71. The van der Waals surface area contributed by atoms with E-state index in [0.717, 1.165) is 28.9 Å². The Bertz CT molecular complexity index is 995. The Kier molecular flexibility index (Phi) is 4.66. The molecule has 0 radical (unpaired) electrons. The first kappa shape index (κ1) is 17.7. The molecule has 0 bridgehead atoms. The number of para-hydroxylation sites is 1. The lowest BCUT2D eigenvalue weighted by atomic mass is 10.1. The largest absolute Gasteiger partial charge is 0.322 e. The van der Waals surface area contributed by atoms with Gasteiger partial charge in [0.05, 0.1) is 18.3 Å². The van der Waals surface area contributed by atoms with Crippen molar-refractivity contribution in [2.45, 2.75) is 32.9 Å². The molecule has 1 aromatic heterocycles. The zero-order chi connectivity index (χ0) is 19.0. The van der Waals surface area contributed by atoms with E-state index in [1.54, 1.807) is 6.07 Å². The van der Waals surface area contributed by atoms with Crippen LogP contribution in [-0.2, 0) is 6.54 Å². The van der Waals surface area contributed by atoms with Crippen molar-refractivity contribution in [1.29, 1.82) is 0 Å². The minimum Gasteiger partial charge on any atom is -0.318 e. The highest BCUT2D eigenvalue weighted by Crippen LogP contribution is 2.34. The Morgan fingerprint density at radius 2 is 2.00 bits per heavy atom. The maximum atomic E-state index is 13.2. The number of hydrogen-bond acceptors (Lipinski definition) is 1. The van der Waals surface area contributed by atoms with E-state index in [2.05, 4.69) is 41.2 Å². The molecule has 2 heterocycles. The van der Waals surface area contributed by atoms with Crippen LogP contribution in [0.1, 0.15) is 36.2 Å². The van der Waals surface area contributed by atoms with Gasteiger partial charge in [0.2, 0.25) is 0 Å². The Hall–Kier alpha value is -2.72. The second-order valence-corrected chi connectivity index (χ2v) is 7.29. The first-order valence-electron chi connectivity index (χ1n) is 9.17. The molecule has 4 nitrogen and oxygen atoms in total. The van der Waals surface area contributed by atoms with Crippen molar-refractivity contribution in [1.82, 2.24) is 9.47 Å². The monoisotopic (exact) mass is 379 g/mol. The summed E-state index contributed by atoms with van der Waals surface area (Å²) in [5.41, 5.74) is 5.08. The molecule has 4 rings (SSSR count). The number of nitrogens with one attached hydrogen (secondary N) is 1. The standard InChI is InChI=1S/C22H22ClN3O/c1-3-19-21-9-6-12-25(21)20-8-5-4-7-16(20)14-26(19)22(27)24-17-11-10-15(2)18(23)13-17/h4-13,19H,3,14H2,1-2H3,(H,24,27). The van der Waals surface area contributed by atoms with Crippen LogP contribution in [0.15, 0.2) is 60.8 Å². The molecule has 2 aromatic carbocycles. The van der Waals surface area contributed by atoms with Crippen molar-refractivity contribution in [3.63, 3.8) is 0 Å². The first-order valence-corrected chi connectivity index (χ1v) is 9.55. The molecule has 138 valence electrons. The highest BCUT2D eigenvalue weighted by atomic mass is 35.5. The maximum absolute atomic E-state index is 13.2. The quantitative estimate of drug-likeness (QED) is 0.588. The van der Waals surface area contributed by atoms with Crippen molar-refractivity contribution < 1.29 is 4.79 Å². The Labute approximate surface area is 164 Å². The molecule has 3 aromatic rings. The fraction of sp³-hybridized carbons (Fsp3) is 0.227. The average molecular weight is 380 g/mol. The summed E-state index contributed by atoms with van der Waals surface area (Å²) >= 11 is 6.22. The number of aromatic nitrogens is 1. The topological polar surface area (TPSA) is 37.3 Å². The molecule has 27 heavy (non-hydrogen) atoms. The molecular weight excluding hydrogens is 358 g/mol. The number of aryl methyl sites for hydroxylation is 1. The van der Waals surface area contributed by atoms with Gasteiger partial charge in [0.25, 0.3) is 0 Å². The zero-order valence-electron chi connectivity index (χ0n) is 15.4. The number of hydrogen-bond donors (Lipinski definition) is 1. The average Bonchev–Trinajstić information content (AvgIpc) is 3.09. The van der Waals surface area contributed by atoms with Crippen LogP contribution in [0, 0.1) is 6.92 Å². The number of halogens is 1. The number of fused-ring (bicyclic) bond motifs is 3. The molecule has 0 spiro atoms. The summed E-state index contributed by atoms with van der Waals surface area (Å²) in [5.74, 6) is 0. The summed E-state index contributed by atoms with van der Waals surface area (Å²) in [5, 5.41) is 3.67. The number of nitrogens with zero attached hydrogens (tertiary/aromatic N) is 2.